The molecule has 0 bridgehead atoms. The smallest absolute Gasteiger partial charge is 0.245 e. The van der Waals surface area contributed by atoms with Crippen molar-refractivity contribution >= 4 is 44.1 Å². The molecule has 10 heteroatoms. The molecule has 2 N–H and O–H groups in total. The molecule has 0 radical (unpaired) electrons. The Morgan fingerprint density at radius 3 is 2.59 bits per heavy atom. The number of sulfonamides is 1. The third-order valence-corrected chi connectivity index (χ3v) is 9.20. The van der Waals surface area contributed by atoms with Crippen LogP contribution in [0, 0.1) is 6.92 Å². The van der Waals surface area contributed by atoms with E-state index in [9.17, 15) is 13.2 Å². The van der Waals surface area contributed by atoms with Gasteiger partial charge in [-0.2, -0.15) is 9.40 Å². The third-order valence-electron chi connectivity index (χ3n) is 6.94. The maximum Gasteiger partial charge on any atom is 0.245 e. The molecule has 180 valence electrons. The van der Waals surface area contributed by atoms with E-state index < -0.39 is 16.1 Å². The van der Waals surface area contributed by atoms with E-state index in [1.165, 1.54) is 4.31 Å². The van der Waals surface area contributed by atoms with Gasteiger partial charge in [-0.15, -0.1) is 0 Å². The molecule has 0 spiro atoms. The van der Waals surface area contributed by atoms with Crippen molar-refractivity contribution < 1.29 is 13.2 Å². The van der Waals surface area contributed by atoms with E-state index in [1.54, 1.807) is 18.3 Å². The van der Waals surface area contributed by atoms with Crippen LogP contribution in [-0.4, -0.2) is 66.5 Å². The van der Waals surface area contributed by atoms with Crippen LogP contribution in [0.15, 0.2) is 41.4 Å². The van der Waals surface area contributed by atoms with Gasteiger partial charge in [0.15, 0.2) is 0 Å². The molecular weight excluding hydrogens is 474 g/mol. The van der Waals surface area contributed by atoms with Crippen LogP contribution in [0.4, 0.5) is 5.69 Å². The van der Waals surface area contributed by atoms with Crippen LogP contribution in [0.25, 0.3) is 10.9 Å². The first-order valence-corrected chi connectivity index (χ1v) is 13.3. The second-order valence-electron chi connectivity index (χ2n) is 9.32. The number of nitrogens with zero attached hydrogens (tertiary/aromatic N) is 3. The van der Waals surface area contributed by atoms with Gasteiger partial charge in [0.1, 0.15) is 10.9 Å². The SMILES string of the molecule is Cc1cc(S(=O)(=O)N2CC[C@H]2C(=O)Nc2ccc(C3CCN(C)CC3)c(Cl)c2)c2[nH]ncc2c1. The Labute approximate surface area is 204 Å². The van der Waals surface area contributed by atoms with E-state index in [4.69, 9.17) is 11.6 Å². The van der Waals surface area contributed by atoms with Crippen LogP contribution < -0.4 is 5.32 Å². The predicted octanol–water partition coefficient (Wildman–Crippen LogP) is 3.74. The largest absolute Gasteiger partial charge is 0.325 e. The highest BCUT2D eigenvalue weighted by molar-refractivity contribution is 7.89. The average molecular weight is 502 g/mol. The summed E-state index contributed by atoms with van der Waals surface area (Å²) in [4.78, 5) is 15.5. The number of piperidine rings is 1. The fourth-order valence-corrected chi connectivity index (χ4v) is 7.12. The normalized spacial score (nSPS) is 20.4. The Balaban J connectivity index is 1.32. The van der Waals surface area contributed by atoms with Crippen LogP contribution in [0.2, 0.25) is 5.02 Å². The van der Waals surface area contributed by atoms with E-state index in [0.29, 0.717) is 35.1 Å². The average Bonchev–Trinajstić information content (AvgIpc) is 3.21. The number of hydrogen-bond acceptors (Lipinski definition) is 5. The predicted molar refractivity (Wildman–Crippen MR) is 133 cm³/mol. The van der Waals surface area contributed by atoms with Crippen molar-refractivity contribution in [3.63, 3.8) is 0 Å². The number of likely N-dealkylation sites (tertiary alicyclic amines) is 1. The number of benzene rings is 2. The number of anilines is 1. The minimum absolute atomic E-state index is 0.142. The summed E-state index contributed by atoms with van der Waals surface area (Å²) in [7, 11) is -1.75. The summed E-state index contributed by atoms with van der Waals surface area (Å²) < 4.78 is 28.1. The highest BCUT2D eigenvalue weighted by atomic mass is 35.5. The molecule has 8 nitrogen and oxygen atoms in total. The third kappa shape index (κ3) is 4.22. The van der Waals surface area contributed by atoms with Gasteiger partial charge < -0.3 is 10.2 Å². The van der Waals surface area contributed by atoms with Gasteiger partial charge >= 0.3 is 0 Å². The molecule has 0 aliphatic carbocycles. The van der Waals surface area contributed by atoms with Crippen molar-refractivity contribution in [2.45, 2.75) is 43.0 Å². The Bertz CT molecular complexity index is 1350. The van der Waals surface area contributed by atoms with E-state index in [0.717, 1.165) is 42.4 Å². The lowest BCUT2D eigenvalue weighted by atomic mass is 9.89. The molecule has 0 saturated carbocycles. The molecule has 2 aromatic carbocycles. The maximum absolute atomic E-state index is 13.4. The molecule has 3 aromatic rings. The molecule has 34 heavy (non-hydrogen) atoms. The standard InChI is InChI=1S/C24H28ClN5O3S/c1-15-11-17-14-26-28-23(17)22(12-15)34(32,33)30-10-7-21(30)24(31)27-18-3-4-19(20(25)13-18)16-5-8-29(2)9-6-16/h3-4,11-14,16,21H,5-10H2,1-2H3,(H,26,28)(H,27,31)/t21-/m0/s1. The van der Waals surface area contributed by atoms with Crippen molar-refractivity contribution in [3.05, 3.63) is 52.7 Å². The molecule has 5 rings (SSSR count). The van der Waals surface area contributed by atoms with Gasteiger partial charge in [0, 0.05) is 22.6 Å². The topological polar surface area (TPSA) is 98.4 Å². The van der Waals surface area contributed by atoms with E-state index in [2.05, 4.69) is 27.5 Å². The number of rotatable bonds is 5. The van der Waals surface area contributed by atoms with Gasteiger partial charge in [-0.25, -0.2) is 8.42 Å². The van der Waals surface area contributed by atoms with Crippen LogP contribution >= 0.6 is 11.6 Å². The number of fused-ring (bicyclic) bond motifs is 1. The number of aromatic amines is 1. The van der Waals surface area contributed by atoms with Crippen LogP contribution in [-0.2, 0) is 14.8 Å². The number of H-pyrrole nitrogens is 1. The molecule has 2 aliphatic rings. The second-order valence-corrected chi connectivity index (χ2v) is 11.6. The zero-order valence-electron chi connectivity index (χ0n) is 19.2. The number of amides is 1. The fourth-order valence-electron chi connectivity index (χ4n) is 4.89. The first kappa shape index (κ1) is 23.3. The summed E-state index contributed by atoms with van der Waals surface area (Å²) in [6, 6.07) is 8.31. The van der Waals surface area contributed by atoms with Gasteiger partial charge in [0.25, 0.3) is 0 Å². The number of nitrogens with one attached hydrogen (secondary N) is 2. The molecule has 3 heterocycles. The van der Waals surface area contributed by atoms with Crippen molar-refractivity contribution in [2.24, 2.45) is 0 Å². The molecule has 1 atom stereocenters. The summed E-state index contributed by atoms with van der Waals surface area (Å²) in [6.07, 6.45) is 4.17. The van der Waals surface area contributed by atoms with Crippen LogP contribution in [0.3, 0.4) is 0 Å². The molecule has 2 aliphatic heterocycles. The summed E-state index contributed by atoms with van der Waals surface area (Å²) in [5.41, 5.74) is 2.94. The number of carbonyl (C=O) groups excluding carboxylic acids is 1. The molecular formula is C24H28ClN5O3S. The molecule has 1 amide bonds. The number of aromatic nitrogens is 2. The fraction of sp³-hybridized carbons (Fsp3) is 0.417. The van der Waals surface area contributed by atoms with Crippen molar-refractivity contribution in [1.29, 1.82) is 0 Å². The van der Waals surface area contributed by atoms with Gasteiger partial charge in [-0.1, -0.05) is 17.7 Å². The lowest BCUT2D eigenvalue weighted by Crippen LogP contribution is -2.56. The van der Waals surface area contributed by atoms with Crippen LogP contribution in [0.5, 0.6) is 0 Å². The lowest BCUT2D eigenvalue weighted by molar-refractivity contribution is -0.122. The molecule has 2 fully saturated rings. The summed E-state index contributed by atoms with van der Waals surface area (Å²) in [5, 5.41) is 11.0. The van der Waals surface area contributed by atoms with E-state index in [-0.39, 0.29) is 10.8 Å². The Hall–Kier alpha value is -2.46. The second kappa shape index (κ2) is 8.96. The number of carbonyl (C=O) groups is 1. The molecule has 0 unspecified atom stereocenters. The number of halogens is 1. The quantitative estimate of drug-likeness (QED) is 0.555. The van der Waals surface area contributed by atoms with Crippen molar-refractivity contribution in [1.82, 2.24) is 19.4 Å². The van der Waals surface area contributed by atoms with Gasteiger partial charge in [0.2, 0.25) is 15.9 Å². The molecule has 1 aromatic heterocycles. The van der Waals surface area contributed by atoms with Gasteiger partial charge in [-0.3, -0.25) is 9.89 Å². The minimum Gasteiger partial charge on any atom is -0.325 e. The lowest BCUT2D eigenvalue weighted by Gasteiger charge is -2.38. The maximum atomic E-state index is 13.4. The first-order chi connectivity index (χ1) is 16.2. The molecule has 2 saturated heterocycles. The summed E-state index contributed by atoms with van der Waals surface area (Å²) >= 11 is 6.57. The van der Waals surface area contributed by atoms with Gasteiger partial charge in [-0.05, 0) is 87.6 Å². The zero-order valence-corrected chi connectivity index (χ0v) is 20.8. The van der Waals surface area contributed by atoms with Crippen LogP contribution in [0.1, 0.15) is 36.3 Å². The van der Waals surface area contributed by atoms with Gasteiger partial charge in [0.05, 0.1) is 11.7 Å². The summed E-state index contributed by atoms with van der Waals surface area (Å²) in [5.74, 6) is 0.0563. The number of hydrogen-bond donors (Lipinski definition) is 2. The van der Waals surface area contributed by atoms with Crippen molar-refractivity contribution in [2.75, 3.05) is 32.0 Å². The zero-order chi connectivity index (χ0) is 24.0. The van der Waals surface area contributed by atoms with E-state index in [1.807, 2.05) is 25.1 Å². The number of aryl methyl sites for hydroxylation is 1. The van der Waals surface area contributed by atoms with Crippen molar-refractivity contribution in [3.8, 4) is 0 Å². The van der Waals surface area contributed by atoms with E-state index >= 15 is 0 Å². The Morgan fingerprint density at radius 1 is 1.15 bits per heavy atom. The highest BCUT2D eigenvalue weighted by Gasteiger charge is 2.43. The Morgan fingerprint density at radius 2 is 1.91 bits per heavy atom. The summed E-state index contributed by atoms with van der Waals surface area (Å²) in [6.45, 7) is 4.21. The minimum atomic E-state index is -3.87. The monoisotopic (exact) mass is 501 g/mol. The first-order valence-electron chi connectivity index (χ1n) is 11.5. The Kier molecular flexibility index (Phi) is 6.14. The highest BCUT2D eigenvalue weighted by Crippen LogP contribution is 2.35.